The number of rotatable bonds is 2. The minimum absolute atomic E-state index is 0.356. The van der Waals surface area contributed by atoms with E-state index in [1.165, 1.54) is 0 Å². The molecular formula is C9H10N4O. The predicted octanol–water partition coefficient (Wildman–Crippen LogP) is 0.753. The molecule has 5 nitrogen and oxygen atoms in total. The Morgan fingerprint density at radius 1 is 1.43 bits per heavy atom. The molecule has 5 heteroatoms. The molecular weight excluding hydrogens is 180 g/mol. The first-order valence-corrected chi connectivity index (χ1v) is 4.16. The third-order valence-corrected chi connectivity index (χ3v) is 1.85. The van der Waals surface area contributed by atoms with Crippen LogP contribution in [0.2, 0.25) is 0 Å². The van der Waals surface area contributed by atoms with Crippen LogP contribution in [0.3, 0.4) is 0 Å². The van der Waals surface area contributed by atoms with Gasteiger partial charge in [-0.05, 0) is 6.07 Å². The third-order valence-electron chi connectivity index (χ3n) is 1.85. The fourth-order valence-electron chi connectivity index (χ4n) is 1.25. The van der Waals surface area contributed by atoms with Crippen LogP contribution in [0.15, 0.2) is 18.5 Å². The fourth-order valence-corrected chi connectivity index (χ4v) is 1.25. The maximum atomic E-state index is 5.75. The lowest BCUT2D eigenvalue weighted by Crippen LogP contribution is -2.02. The molecule has 0 aromatic carbocycles. The molecule has 0 saturated heterocycles. The Bertz CT molecular complexity index is 458. The summed E-state index contributed by atoms with van der Waals surface area (Å²) in [4.78, 5) is 12.3. The predicted molar refractivity (Wildman–Crippen MR) is 52.5 cm³/mol. The van der Waals surface area contributed by atoms with Crippen molar-refractivity contribution in [3.63, 3.8) is 0 Å². The molecule has 0 radical (unpaired) electrons. The zero-order valence-corrected chi connectivity index (χ0v) is 7.77. The molecule has 2 N–H and O–H groups in total. The Labute approximate surface area is 81.0 Å². The van der Waals surface area contributed by atoms with E-state index in [-0.39, 0.29) is 0 Å². The third kappa shape index (κ3) is 1.49. The smallest absolute Gasteiger partial charge is 0.157 e. The molecule has 0 fully saturated rings. The summed E-state index contributed by atoms with van der Waals surface area (Å²) in [5, 5.41) is 0.819. The Morgan fingerprint density at radius 2 is 2.29 bits per heavy atom. The lowest BCUT2D eigenvalue weighted by atomic mass is 10.3. The van der Waals surface area contributed by atoms with E-state index in [9.17, 15) is 0 Å². The number of nitrogens with zero attached hydrogens (tertiary/aromatic N) is 3. The largest absolute Gasteiger partial charge is 0.383 e. The average molecular weight is 190 g/mol. The molecule has 2 aromatic rings. The quantitative estimate of drug-likeness (QED) is 0.756. The topological polar surface area (TPSA) is 73.9 Å². The van der Waals surface area contributed by atoms with Crippen LogP contribution in [0.5, 0.6) is 0 Å². The number of pyridine rings is 1. The first-order valence-electron chi connectivity index (χ1n) is 4.16. The highest BCUT2D eigenvalue weighted by atomic mass is 16.5. The van der Waals surface area contributed by atoms with E-state index in [0.29, 0.717) is 18.2 Å². The van der Waals surface area contributed by atoms with Gasteiger partial charge in [0, 0.05) is 18.7 Å². The van der Waals surface area contributed by atoms with Gasteiger partial charge in [0.2, 0.25) is 0 Å². The first kappa shape index (κ1) is 8.83. The highest BCUT2D eigenvalue weighted by Crippen LogP contribution is 2.15. The summed E-state index contributed by atoms with van der Waals surface area (Å²) in [5.74, 6) is 1.04. The van der Waals surface area contributed by atoms with Gasteiger partial charge in [0.15, 0.2) is 5.82 Å². The van der Waals surface area contributed by atoms with Crippen LogP contribution < -0.4 is 5.73 Å². The maximum Gasteiger partial charge on any atom is 0.157 e. The molecule has 72 valence electrons. The summed E-state index contributed by atoms with van der Waals surface area (Å²) in [7, 11) is 1.59. The molecule has 0 atom stereocenters. The van der Waals surface area contributed by atoms with Crippen LogP contribution in [0.4, 0.5) is 5.82 Å². The molecule has 0 aliphatic heterocycles. The number of anilines is 1. The van der Waals surface area contributed by atoms with Gasteiger partial charge in [-0.3, -0.25) is 4.98 Å². The van der Waals surface area contributed by atoms with Crippen LogP contribution >= 0.6 is 0 Å². The highest BCUT2D eigenvalue weighted by Gasteiger charge is 2.03. The van der Waals surface area contributed by atoms with Crippen LogP contribution in [0, 0.1) is 0 Å². The van der Waals surface area contributed by atoms with E-state index in [4.69, 9.17) is 10.5 Å². The monoisotopic (exact) mass is 190 g/mol. The molecule has 0 saturated carbocycles. The summed E-state index contributed by atoms with van der Waals surface area (Å²) in [6.07, 6.45) is 3.32. The SMILES string of the molecule is COCc1nc(N)c2ccncc2n1. The van der Waals surface area contributed by atoms with Crippen molar-refractivity contribution in [3.05, 3.63) is 24.3 Å². The number of aromatic nitrogens is 3. The molecule has 2 aromatic heterocycles. The zero-order chi connectivity index (χ0) is 9.97. The minimum atomic E-state index is 0.356. The Kier molecular flexibility index (Phi) is 2.24. The van der Waals surface area contributed by atoms with Crippen molar-refractivity contribution < 1.29 is 4.74 Å². The van der Waals surface area contributed by atoms with E-state index >= 15 is 0 Å². The number of ether oxygens (including phenoxy) is 1. The first-order chi connectivity index (χ1) is 6.81. The van der Waals surface area contributed by atoms with Crippen LogP contribution in [0.1, 0.15) is 5.82 Å². The highest BCUT2D eigenvalue weighted by molar-refractivity contribution is 5.86. The summed E-state index contributed by atoms with van der Waals surface area (Å²) < 4.78 is 4.93. The zero-order valence-electron chi connectivity index (χ0n) is 7.77. The van der Waals surface area contributed by atoms with Crippen LogP contribution in [-0.2, 0) is 11.3 Å². The van der Waals surface area contributed by atoms with Gasteiger partial charge in [0.25, 0.3) is 0 Å². The van der Waals surface area contributed by atoms with Gasteiger partial charge in [0.05, 0.1) is 11.7 Å². The number of fused-ring (bicyclic) bond motifs is 1. The minimum Gasteiger partial charge on any atom is -0.383 e. The van der Waals surface area contributed by atoms with Gasteiger partial charge in [-0.25, -0.2) is 9.97 Å². The van der Waals surface area contributed by atoms with E-state index in [2.05, 4.69) is 15.0 Å². The van der Waals surface area contributed by atoms with E-state index in [0.717, 1.165) is 10.9 Å². The van der Waals surface area contributed by atoms with Crippen LogP contribution in [-0.4, -0.2) is 22.1 Å². The molecule has 0 amide bonds. The van der Waals surface area contributed by atoms with Crippen LogP contribution in [0.25, 0.3) is 10.9 Å². The maximum absolute atomic E-state index is 5.75. The second-order valence-electron chi connectivity index (χ2n) is 2.85. The number of nitrogens with two attached hydrogens (primary N) is 1. The molecule has 0 spiro atoms. The van der Waals surface area contributed by atoms with Gasteiger partial charge >= 0.3 is 0 Å². The van der Waals surface area contributed by atoms with Crippen molar-refractivity contribution in [2.45, 2.75) is 6.61 Å². The molecule has 2 heterocycles. The Balaban J connectivity index is 2.60. The Hall–Kier alpha value is -1.75. The van der Waals surface area contributed by atoms with Crippen molar-refractivity contribution in [1.82, 2.24) is 15.0 Å². The van der Waals surface area contributed by atoms with Crippen molar-refractivity contribution in [1.29, 1.82) is 0 Å². The normalized spacial score (nSPS) is 10.6. The van der Waals surface area contributed by atoms with Crippen molar-refractivity contribution in [3.8, 4) is 0 Å². The van der Waals surface area contributed by atoms with Gasteiger partial charge < -0.3 is 10.5 Å². The second-order valence-corrected chi connectivity index (χ2v) is 2.85. The lowest BCUT2D eigenvalue weighted by molar-refractivity contribution is 0.178. The average Bonchev–Trinajstić information content (AvgIpc) is 2.18. The summed E-state index contributed by atoms with van der Waals surface area (Å²) in [6.45, 7) is 0.356. The number of methoxy groups -OCH3 is 1. The molecule has 0 unspecified atom stereocenters. The van der Waals surface area contributed by atoms with Gasteiger partial charge in [-0.2, -0.15) is 0 Å². The van der Waals surface area contributed by atoms with E-state index in [1.54, 1.807) is 25.6 Å². The summed E-state index contributed by atoms with van der Waals surface area (Å²) >= 11 is 0. The lowest BCUT2D eigenvalue weighted by Gasteiger charge is -2.03. The molecule has 14 heavy (non-hydrogen) atoms. The molecule has 0 aliphatic rings. The van der Waals surface area contributed by atoms with E-state index < -0.39 is 0 Å². The van der Waals surface area contributed by atoms with Crippen molar-refractivity contribution in [2.24, 2.45) is 0 Å². The Morgan fingerprint density at radius 3 is 3.07 bits per heavy atom. The van der Waals surface area contributed by atoms with Gasteiger partial charge in [-0.1, -0.05) is 0 Å². The fraction of sp³-hybridized carbons (Fsp3) is 0.222. The van der Waals surface area contributed by atoms with Crippen molar-refractivity contribution >= 4 is 16.7 Å². The van der Waals surface area contributed by atoms with E-state index in [1.807, 2.05) is 0 Å². The standard InChI is InChI=1S/C9H10N4O/c1-14-5-8-12-7-4-11-3-2-6(7)9(10)13-8/h2-4H,5H2,1H3,(H2,10,12,13). The molecule has 0 aliphatic carbocycles. The van der Waals surface area contributed by atoms with Crippen molar-refractivity contribution in [2.75, 3.05) is 12.8 Å². The summed E-state index contributed by atoms with van der Waals surface area (Å²) in [6, 6.07) is 1.79. The molecule has 0 bridgehead atoms. The second kappa shape index (κ2) is 3.55. The van der Waals surface area contributed by atoms with Gasteiger partial charge in [-0.15, -0.1) is 0 Å². The van der Waals surface area contributed by atoms with Gasteiger partial charge in [0.1, 0.15) is 12.4 Å². The molecule has 2 rings (SSSR count). The number of nitrogen functional groups attached to an aromatic ring is 1. The number of hydrogen-bond acceptors (Lipinski definition) is 5. The number of hydrogen-bond donors (Lipinski definition) is 1. The summed E-state index contributed by atoms with van der Waals surface area (Å²) in [5.41, 5.74) is 6.50.